The fourth-order valence-electron chi connectivity index (χ4n) is 2.33. The Hall–Kier alpha value is -0.960. The van der Waals surface area contributed by atoms with Gasteiger partial charge in [-0.2, -0.15) is 4.31 Å². The molecule has 1 fully saturated rings. The van der Waals surface area contributed by atoms with Crippen molar-refractivity contribution in [1.29, 1.82) is 0 Å². The maximum absolute atomic E-state index is 12.6. The van der Waals surface area contributed by atoms with Crippen LogP contribution in [-0.2, 0) is 14.8 Å². The maximum Gasteiger partial charge on any atom is 0.260 e. The van der Waals surface area contributed by atoms with E-state index in [1.54, 1.807) is 14.0 Å². The molecule has 1 atom stereocenters. The van der Waals surface area contributed by atoms with Gasteiger partial charge in [-0.25, -0.2) is 13.4 Å². The first-order valence-electron chi connectivity index (χ1n) is 6.78. The molecule has 2 rings (SSSR count). The Labute approximate surface area is 119 Å². The summed E-state index contributed by atoms with van der Waals surface area (Å²) < 4.78 is 31.7. The zero-order valence-corrected chi connectivity index (χ0v) is 12.7. The first-order chi connectivity index (χ1) is 9.54. The highest BCUT2D eigenvalue weighted by Gasteiger charge is 2.29. The lowest BCUT2D eigenvalue weighted by atomic mass is 10.2. The van der Waals surface area contributed by atoms with Crippen LogP contribution in [0.3, 0.4) is 0 Å². The van der Waals surface area contributed by atoms with Crippen molar-refractivity contribution in [2.75, 3.05) is 33.4 Å². The van der Waals surface area contributed by atoms with Crippen molar-refractivity contribution >= 4 is 10.0 Å². The molecule has 0 aromatic carbocycles. The van der Waals surface area contributed by atoms with Crippen molar-refractivity contribution in [2.24, 2.45) is 0 Å². The van der Waals surface area contributed by atoms with E-state index in [0.717, 1.165) is 19.4 Å². The largest absolute Gasteiger partial charge is 0.383 e. The second-order valence-corrected chi connectivity index (χ2v) is 6.89. The Morgan fingerprint density at radius 2 is 2.35 bits per heavy atom. The topological polar surface area (TPSA) is 87.3 Å². The van der Waals surface area contributed by atoms with Gasteiger partial charge in [0.1, 0.15) is 5.82 Å². The number of sulfonamides is 1. The van der Waals surface area contributed by atoms with Crippen LogP contribution in [0.15, 0.2) is 11.2 Å². The lowest BCUT2D eigenvalue weighted by Gasteiger charge is -2.24. The molecule has 0 radical (unpaired) electrons. The first-order valence-corrected chi connectivity index (χ1v) is 8.22. The second kappa shape index (κ2) is 6.66. The Morgan fingerprint density at radius 3 is 2.90 bits per heavy atom. The SMILES string of the molecule is COCCN(CC1CCCN1)S(=O)(=O)c1cnc(C)[nH]1. The van der Waals surface area contributed by atoms with Crippen LogP contribution in [0.4, 0.5) is 0 Å². The van der Waals surface area contributed by atoms with Crippen molar-refractivity contribution in [3.63, 3.8) is 0 Å². The van der Waals surface area contributed by atoms with Crippen LogP contribution in [-0.4, -0.2) is 62.1 Å². The van der Waals surface area contributed by atoms with Gasteiger partial charge in [0.25, 0.3) is 10.0 Å². The lowest BCUT2D eigenvalue weighted by Crippen LogP contribution is -2.42. The third-order valence-electron chi connectivity index (χ3n) is 3.43. The predicted molar refractivity (Wildman–Crippen MR) is 75.0 cm³/mol. The van der Waals surface area contributed by atoms with Crippen molar-refractivity contribution in [1.82, 2.24) is 19.6 Å². The Morgan fingerprint density at radius 1 is 1.55 bits per heavy atom. The molecule has 0 bridgehead atoms. The fraction of sp³-hybridized carbons (Fsp3) is 0.750. The minimum Gasteiger partial charge on any atom is -0.383 e. The molecule has 2 heterocycles. The number of hydrogen-bond acceptors (Lipinski definition) is 5. The van der Waals surface area contributed by atoms with E-state index in [9.17, 15) is 8.42 Å². The molecule has 1 aromatic rings. The molecule has 0 spiro atoms. The molecule has 1 unspecified atom stereocenters. The van der Waals surface area contributed by atoms with Crippen LogP contribution in [0.25, 0.3) is 0 Å². The number of ether oxygens (including phenoxy) is 1. The summed E-state index contributed by atoms with van der Waals surface area (Å²) in [5.41, 5.74) is 0. The predicted octanol–water partition coefficient (Wildman–Crippen LogP) is 0.107. The number of imidazole rings is 1. The summed E-state index contributed by atoms with van der Waals surface area (Å²) >= 11 is 0. The quantitative estimate of drug-likeness (QED) is 0.746. The van der Waals surface area contributed by atoms with E-state index in [1.807, 2.05) is 0 Å². The number of aromatic amines is 1. The molecule has 1 aromatic heterocycles. The molecule has 0 aliphatic carbocycles. The number of nitrogens with one attached hydrogen (secondary N) is 2. The van der Waals surface area contributed by atoms with Gasteiger partial charge in [0.15, 0.2) is 5.03 Å². The summed E-state index contributed by atoms with van der Waals surface area (Å²) in [6, 6.07) is 0.214. The van der Waals surface area contributed by atoms with Gasteiger partial charge in [-0.1, -0.05) is 0 Å². The van der Waals surface area contributed by atoms with E-state index in [2.05, 4.69) is 15.3 Å². The smallest absolute Gasteiger partial charge is 0.260 e. The van der Waals surface area contributed by atoms with Crippen LogP contribution in [0.2, 0.25) is 0 Å². The number of rotatable bonds is 7. The molecule has 1 aliphatic rings. The number of aryl methyl sites for hydroxylation is 1. The summed E-state index contributed by atoms with van der Waals surface area (Å²) in [7, 11) is -1.98. The molecule has 0 saturated carbocycles. The van der Waals surface area contributed by atoms with Crippen molar-refractivity contribution in [3.05, 3.63) is 12.0 Å². The van der Waals surface area contributed by atoms with Crippen LogP contribution >= 0.6 is 0 Å². The van der Waals surface area contributed by atoms with Crippen molar-refractivity contribution in [2.45, 2.75) is 30.8 Å². The average molecular weight is 302 g/mol. The van der Waals surface area contributed by atoms with Gasteiger partial charge in [-0.15, -0.1) is 0 Å². The maximum atomic E-state index is 12.6. The molecular formula is C12H22N4O3S. The van der Waals surface area contributed by atoms with Gasteiger partial charge < -0.3 is 15.0 Å². The third kappa shape index (κ3) is 3.57. The van der Waals surface area contributed by atoms with E-state index >= 15 is 0 Å². The molecule has 8 heteroatoms. The number of H-pyrrole nitrogens is 1. The highest BCUT2D eigenvalue weighted by Crippen LogP contribution is 2.16. The Bertz CT molecular complexity index is 523. The lowest BCUT2D eigenvalue weighted by molar-refractivity contribution is 0.176. The fourth-order valence-corrected chi connectivity index (χ4v) is 3.76. The Kier molecular flexibility index (Phi) is 5.14. The standard InChI is InChI=1S/C12H22N4O3S/c1-10-14-8-12(15-10)20(17,18)16(6-7-19-2)9-11-4-3-5-13-11/h8,11,13H,3-7,9H2,1-2H3,(H,14,15). The summed E-state index contributed by atoms with van der Waals surface area (Å²) in [4.78, 5) is 6.77. The minimum atomic E-state index is -3.54. The summed E-state index contributed by atoms with van der Waals surface area (Å²) in [5.74, 6) is 0.592. The van der Waals surface area contributed by atoms with Crippen LogP contribution in [0, 0.1) is 6.92 Å². The normalized spacial score (nSPS) is 19.9. The van der Waals surface area contributed by atoms with Crippen molar-refractivity contribution in [3.8, 4) is 0 Å². The number of hydrogen-bond donors (Lipinski definition) is 2. The van der Waals surface area contributed by atoms with E-state index in [0.29, 0.717) is 25.5 Å². The van der Waals surface area contributed by atoms with Crippen LogP contribution < -0.4 is 5.32 Å². The zero-order valence-electron chi connectivity index (χ0n) is 11.9. The molecule has 114 valence electrons. The molecule has 1 saturated heterocycles. The molecule has 7 nitrogen and oxygen atoms in total. The van der Waals surface area contributed by atoms with Gasteiger partial charge in [0.05, 0.1) is 12.8 Å². The highest BCUT2D eigenvalue weighted by atomic mass is 32.2. The average Bonchev–Trinajstić information content (AvgIpc) is 3.05. The molecular weight excluding hydrogens is 280 g/mol. The summed E-state index contributed by atoms with van der Waals surface area (Å²) in [6.07, 6.45) is 3.46. The van der Waals surface area contributed by atoms with Gasteiger partial charge >= 0.3 is 0 Å². The monoisotopic (exact) mass is 302 g/mol. The highest BCUT2D eigenvalue weighted by molar-refractivity contribution is 7.89. The molecule has 1 aliphatic heterocycles. The number of methoxy groups -OCH3 is 1. The van der Waals surface area contributed by atoms with Gasteiger partial charge in [-0.3, -0.25) is 0 Å². The van der Waals surface area contributed by atoms with E-state index in [1.165, 1.54) is 10.5 Å². The second-order valence-electron chi connectivity index (χ2n) is 4.98. The van der Waals surface area contributed by atoms with E-state index in [-0.39, 0.29) is 11.1 Å². The third-order valence-corrected chi connectivity index (χ3v) is 5.20. The van der Waals surface area contributed by atoms with Gasteiger partial charge in [0.2, 0.25) is 0 Å². The molecule has 2 N–H and O–H groups in total. The summed E-state index contributed by atoms with van der Waals surface area (Å²) in [5, 5.41) is 3.46. The van der Waals surface area contributed by atoms with Crippen LogP contribution in [0.1, 0.15) is 18.7 Å². The zero-order chi connectivity index (χ0) is 14.6. The Balaban J connectivity index is 2.15. The summed E-state index contributed by atoms with van der Waals surface area (Å²) in [6.45, 7) is 3.86. The van der Waals surface area contributed by atoms with Gasteiger partial charge in [-0.05, 0) is 26.3 Å². The van der Waals surface area contributed by atoms with Crippen LogP contribution in [0.5, 0.6) is 0 Å². The van der Waals surface area contributed by atoms with E-state index in [4.69, 9.17) is 4.74 Å². The number of nitrogens with zero attached hydrogens (tertiary/aromatic N) is 2. The van der Waals surface area contributed by atoms with Crippen molar-refractivity contribution < 1.29 is 13.2 Å². The number of aromatic nitrogens is 2. The first kappa shape index (κ1) is 15.4. The minimum absolute atomic E-state index is 0.143. The molecule has 20 heavy (non-hydrogen) atoms. The molecule has 0 amide bonds. The van der Waals surface area contributed by atoms with Gasteiger partial charge in [0, 0.05) is 26.2 Å². The van der Waals surface area contributed by atoms with E-state index < -0.39 is 10.0 Å².